The number of likely N-dealkylation sites (tertiary alicyclic amines) is 1. The van der Waals surface area contributed by atoms with Crippen LogP contribution in [0.15, 0.2) is 0 Å². The van der Waals surface area contributed by atoms with Crippen molar-refractivity contribution in [3.63, 3.8) is 0 Å². The van der Waals surface area contributed by atoms with E-state index < -0.39 is 0 Å². The van der Waals surface area contributed by atoms with Crippen LogP contribution in [0.2, 0.25) is 5.15 Å². The minimum Gasteiger partial charge on any atom is -0.381 e. The summed E-state index contributed by atoms with van der Waals surface area (Å²) >= 11 is 6.36. The number of carbonyl (C=O) groups excluding carboxylic acids is 1. The number of nitrogens with zero attached hydrogens (tertiary/aromatic N) is 3. The van der Waals surface area contributed by atoms with Gasteiger partial charge in [0.2, 0.25) is 5.91 Å². The summed E-state index contributed by atoms with van der Waals surface area (Å²) in [6.07, 6.45) is 2.82. The molecule has 0 unspecified atom stereocenters. The van der Waals surface area contributed by atoms with Gasteiger partial charge in [-0.05, 0) is 26.2 Å². The summed E-state index contributed by atoms with van der Waals surface area (Å²) in [7, 11) is 1.84. The van der Waals surface area contributed by atoms with E-state index >= 15 is 0 Å². The summed E-state index contributed by atoms with van der Waals surface area (Å²) in [6, 6.07) is 0.0734. The molecule has 2 atom stereocenters. The molecule has 110 valence electrons. The Labute approximate surface area is 123 Å². The van der Waals surface area contributed by atoms with Gasteiger partial charge in [0.05, 0.1) is 24.3 Å². The van der Waals surface area contributed by atoms with Crippen molar-refractivity contribution in [3.8, 4) is 0 Å². The van der Waals surface area contributed by atoms with E-state index in [0.717, 1.165) is 37.1 Å². The number of hydrogen-bond donors (Lipinski definition) is 0. The lowest BCUT2D eigenvalue weighted by Crippen LogP contribution is -2.36. The minimum absolute atomic E-state index is 0.0198. The lowest BCUT2D eigenvalue weighted by Gasteiger charge is -2.27. The van der Waals surface area contributed by atoms with E-state index in [1.807, 2.05) is 18.9 Å². The highest BCUT2D eigenvalue weighted by Gasteiger charge is 2.37. The molecule has 1 aromatic rings. The summed E-state index contributed by atoms with van der Waals surface area (Å²) in [5.74, 6) is 0.232. The Morgan fingerprint density at radius 1 is 1.45 bits per heavy atom. The topological polar surface area (TPSA) is 47.4 Å². The monoisotopic (exact) mass is 297 g/mol. The third-order valence-corrected chi connectivity index (χ3v) is 4.79. The largest absolute Gasteiger partial charge is 0.381 e. The van der Waals surface area contributed by atoms with E-state index in [1.54, 1.807) is 4.68 Å². The van der Waals surface area contributed by atoms with Crippen molar-refractivity contribution >= 4 is 17.5 Å². The number of halogens is 1. The normalized spacial score (nSPS) is 26.4. The SMILES string of the molecule is Cc1nn(C)c(Cl)c1[C@H]1CCCN1C(=O)[C@@H]1CCOC1. The average Bonchev–Trinajstić information content (AvgIpc) is 3.12. The molecule has 0 N–H and O–H groups in total. The maximum absolute atomic E-state index is 12.6. The van der Waals surface area contributed by atoms with Gasteiger partial charge in [-0.25, -0.2) is 0 Å². The highest BCUT2D eigenvalue weighted by molar-refractivity contribution is 6.30. The Hall–Kier alpha value is -1.07. The minimum atomic E-state index is 0.0198. The Morgan fingerprint density at radius 2 is 2.25 bits per heavy atom. The summed E-state index contributed by atoms with van der Waals surface area (Å²) in [5.41, 5.74) is 1.93. The first kappa shape index (κ1) is 13.9. The molecule has 1 amide bonds. The van der Waals surface area contributed by atoms with Gasteiger partial charge in [0, 0.05) is 25.8 Å². The Bertz CT molecular complexity index is 523. The zero-order chi connectivity index (χ0) is 14.3. The molecule has 20 heavy (non-hydrogen) atoms. The fourth-order valence-corrected chi connectivity index (χ4v) is 3.62. The van der Waals surface area contributed by atoms with Crippen LogP contribution in [0.1, 0.15) is 36.6 Å². The predicted octanol–water partition coefficient (Wildman–Crippen LogP) is 2.08. The van der Waals surface area contributed by atoms with Crippen LogP contribution in [-0.4, -0.2) is 40.3 Å². The zero-order valence-corrected chi connectivity index (χ0v) is 12.7. The van der Waals surface area contributed by atoms with E-state index in [2.05, 4.69) is 5.10 Å². The number of rotatable bonds is 2. The molecule has 3 heterocycles. The lowest BCUT2D eigenvalue weighted by molar-refractivity contribution is -0.136. The van der Waals surface area contributed by atoms with Crippen molar-refractivity contribution < 1.29 is 9.53 Å². The van der Waals surface area contributed by atoms with Gasteiger partial charge in [-0.15, -0.1) is 0 Å². The van der Waals surface area contributed by atoms with Gasteiger partial charge in [-0.1, -0.05) is 11.6 Å². The van der Waals surface area contributed by atoms with Gasteiger partial charge in [0.25, 0.3) is 0 Å². The molecule has 2 aliphatic heterocycles. The first-order chi connectivity index (χ1) is 9.59. The van der Waals surface area contributed by atoms with Crippen molar-refractivity contribution in [1.29, 1.82) is 0 Å². The van der Waals surface area contributed by atoms with Gasteiger partial charge >= 0.3 is 0 Å². The predicted molar refractivity (Wildman–Crippen MR) is 75.6 cm³/mol. The Kier molecular flexibility index (Phi) is 3.73. The Morgan fingerprint density at radius 3 is 2.85 bits per heavy atom. The smallest absolute Gasteiger partial charge is 0.228 e. The standard InChI is InChI=1S/C14H20ClN3O2/c1-9-12(13(15)17(2)16-9)11-4-3-6-18(11)14(19)10-5-7-20-8-10/h10-11H,3-8H2,1-2H3/t10-,11-/m1/s1. The molecule has 0 aromatic carbocycles. The second-order valence-electron chi connectivity index (χ2n) is 5.66. The van der Waals surface area contributed by atoms with Crippen molar-refractivity contribution in [2.45, 2.75) is 32.2 Å². The maximum atomic E-state index is 12.6. The Balaban J connectivity index is 1.86. The van der Waals surface area contributed by atoms with Gasteiger partial charge < -0.3 is 9.64 Å². The molecule has 0 aliphatic carbocycles. The first-order valence-corrected chi connectivity index (χ1v) is 7.54. The van der Waals surface area contributed by atoms with E-state index in [-0.39, 0.29) is 17.9 Å². The van der Waals surface area contributed by atoms with Gasteiger partial charge in [0.15, 0.2) is 0 Å². The quantitative estimate of drug-likeness (QED) is 0.840. The fourth-order valence-electron chi connectivity index (χ4n) is 3.32. The zero-order valence-electron chi connectivity index (χ0n) is 11.9. The van der Waals surface area contributed by atoms with Crippen LogP contribution in [0.25, 0.3) is 0 Å². The average molecular weight is 298 g/mol. The first-order valence-electron chi connectivity index (χ1n) is 7.17. The van der Waals surface area contributed by atoms with Crippen molar-refractivity contribution in [2.75, 3.05) is 19.8 Å². The molecule has 0 radical (unpaired) electrons. The maximum Gasteiger partial charge on any atom is 0.228 e. The summed E-state index contributed by atoms with van der Waals surface area (Å²) in [4.78, 5) is 14.6. The van der Waals surface area contributed by atoms with E-state index in [1.165, 1.54) is 0 Å². The molecular weight excluding hydrogens is 278 g/mol. The van der Waals surface area contributed by atoms with Crippen LogP contribution in [0.5, 0.6) is 0 Å². The molecule has 2 aliphatic rings. The fraction of sp³-hybridized carbons (Fsp3) is 0.714. The highest BCUT2D eigenvalue weighted by atomic mass is 35.5. The van der Waals surface area contributed by atoms with Crippen LogP contribution in [0, 0.1) is 12.8 Å². The van der Waals surface area contributed by atoms with Gasteiger partial charge in [0.1, 0.15) is 5.15 Å². The number of ether oxygens (including phenoxy) is 1. The van der Waals surface area contributed by atoms with Gasteiger partial charge in [-0.3, -0.25) is 9.48 Å². The molecule has 0 spiro atoms. The number of hydrogen-bond acceptors (Lipinski definition) is 3. The molecule has 0 saturated carbocycles. The molecule has 0 bridgehead atoms. The number of aryl methyl sites for hydroxylation is 2. The van der Waals surface area contributed by atoms with Crippen LogP contribution in [-0.2, 0) is 16.6 Å². The summed E-state index contributed by atoms with van der Waals surface area (Å²) in [6.45, 7) is 4.02. The van der Waals surface area contributed by atoms with E-state index in [4.69, 9.17) is 16.3 Å². The van der Waals surface area contributed by atoms with Crippen molar-refractivity contribution in [3.05, 3.63) is 16.4 Å². The molecular formula is C14H20ClN3O2. The molecule has 2 fully saturated rings. The van der Waals surface area contributed by atoms with E-state index in [9.17, 15) is 4.79 Å². The molecule has 5 nitrogen and oxygen atoms in total. The van der Waals surface area contributed by atoms with Gasteiger partial charge in [-0.2, -0.15) is 5.10 Å². The van der Waals surface area contributed by atoms with Crippen LogP contribution >= 0.6 is 11.6 Å². The number of aromatic nitrogens is 2. The second kappa shape index (κ2) is 5.37. The van der Waals surface area contributed by atoms with Crippen LogP contribution in [0.4, 0.5) is 0 Å². The third-order valence-electron chi connectivity index (χ3n) is 4.34. The highest BCUT2D eigenvalue weighted by Crippen LogP contribution is 2.38. The molecule has 2 saturated heterocycles. The number of amides is 1. The summed E-state index contributed by atoms with van der Waals surface area (Å²) in [5, 5.41) is 5.02. The van der Waals surface area contributed by atoms with Crippen LogP contribution in [0.3, 0.4) is 0 Å². The molecule has 3 rings (SSSR count). The lowest BCUT2D eigenvalue weighted by atomic mass is 10.0. The summed E-state index contributed by atoms with van der Waals surface area (Å²) < 4.78 is 7.03. The number of carbonyl (C=O) groups is 1. The molecule has 1 aromatic heterocycles. The molecule has 6 heteroatoms. The van der Waals surface area contributed by atoms with Crippen molar-refractivity contribution in [2.24, 2.45) is 13.0 Å². The second-order valence-corrected chi connectivity index (χ2v) is 6.02. The third kappa shape index (κ3) is 2.23. The van der Waals surface area contributed by atoms with Crippen LogP contribution < -0.4 is 0 Å². The van der Waals surface area contributed by atoms with E-state index in [0.29, 0.717) is 18.4 Å². The van der Waals surface area contributed by atoms with Crippen molar-refractivity contribution in [1.82, 2.24) is 14.7 Å².